The zero-order chi connectivity index (χ0) is 14.5. The molecular formula is C13H15FN4O2. The van der Waals surface area contributed by atoms with E-state index in [0.717, 1.165) is 6.20 Å². The van der Waals surface area contributed by atoms with E-state index in [0.29, 0.717) is 24.1 Å². The first-order valence-corrected chi connectivity index (χ1v) is 6.25. The van der Waals surface area contributed by atoms with Crippen LogP contribution in [0.1, 0.15) is 35.9 Å². The second-order valence-electron chi connectivity index (χ2n) is 4.74. The molecule has 2 rings (SSSR count). The van der Waals surface area contributed by atoms with Gasteiger partial charge in [0.25, 0.3) is 5.91 Å². The average molecular weight is 278 g/mol. The summed E-state index contributed by atoms with van der Waals surface area (Å²) in [5, 5.41) is 6.28. The minimum atomic E-state index is -0.668. The maximum atomic E-state index is 13.3. The Labute approximate surface area is 115 Å². The van der Waals surface area contributed by atoms with E-state index >= 15 is 0 Å². The molecule has 0 saturated heterocycles. The number of halogens is 1. The zero-order valence-corrected chi connectivity index (χ0v) is 11.3. The van der Waals surface area contributed by atoms with Crippen molar-refractivity contribution in [3.63, 3.8) is 0 Å². The summed E-state index contributed by atoms with van der Waals surface area (Å²) in [5.41, 5.74) is -0.0640. The third-order valence-corrected chi connectivity index (χ3v) is 2.52. The highest BCUT2D eigenvalue weighted by Gasteiger charge is 2.13. The number of pyridine rings is 1. The molecule has 0 unspecified atom stereocenters. The average Bonchev–Trinajstić information content (AvgIpc) is 2.83. The molecular weight excluding hydrogens is 263 g/mol. The Bertz CT molecular complexity index is 598. The van der Waals surface area contributed by atoms with E-state index in [4.69, 9.17) is 4.52 Å². The third-order valence-electron chi connectivity index (χ3n) is 2.52. The summed E-state index contributed by atoms with van der Waals surface area (Å²) < 4.78 is 18.4. The molecule has 2 aromatic rings. The van der Waals surface area contributed by atoms with Gasteiger partial charge in [-0.25, -0.2) is 4.39 Å². The number of carbonyl (C=O) groups is 1. The van der Waals surface area contributed by atoms with Gasteiger partial charge in [-0.3, -0.25) is 9.78 Å². The van der Waals surface area contributed by atoms with Crippen LogP contribution < -0.4 is 5.32 Å². The first-order chi connectivity index (χ1) is 9.56. The predicted molar refractivity (Wildman–Crippen MR) is 68.2 cm³/mol. The summed E-state index contributed by atoms with van der Waals surface area (Å²) in [4.78, 5) is 19.5. The van der Waals surface area contributed by atoms with E-state index in [9.17, 15) is 9.18 Å². The molecule has 106 valence electrons. The van der Waals surface area contributed by atoms with E-state index in [1.54, 1.807) is 0 Å². The molecule has 7 heteroatoms. The Morgan fingerprint density at radius 3 is 3.00 bits per heavy atom. The van der Waals surface area contributed by atoms with E-state index in [-0.39, 0.29) is 12.1 Å². The van der Waals surface area contributed by atoms with Crippen molar-refractivity contribution in [2.75, 3.05) is 0 Å². The molecule has 0 aliphatic rings. The Hall–Kier alpha value is -2.31. The van der Waals surface area contributed by atoms with Gasteiger partial charge < -0.3 is 9.84 Å². The molecule has 0 atom stereocenters. The Balaban J connectivity index is 1.94. The SMILES string of the molecule is CC(C)Cc1nc(CNC(=O)c2ccncc2F)no1. The lowest BCUT2D eigenvalue weighted by molar-refractivity contribution is 0.0945. The van der Waals surface area contributed by atoms with E-state index < -0.39 is 11.7 Å². The number of rotatable bonds is 5. The normalized spacial score (nSPS) is 10.8. The summed E-state index contributed by atoms with van der Waals surface area (Å²) in [7, 11) is 0. The number of nitrogens with one attached hydrogen (secondary N) is 1. The molecule has 0 aliphatic heterocycles. The fourth-order valence-corrected chi connectivity index (χ4v) is 1.61. The van der Waals surface area contributed by atoms with E-state index in [1.165, 1.54) is 12.3 Å². The van der Waals surface area contributed by atoms with Gasteiger partial charge in [0.2, 0.25) is 5.89 Å². The highest BCUT2D eigenvalue weighted by Crippen LogP contribution is 2.07. The van der Waals surface area contributed by atoms with Crippen LogP contribution in [0, 0.1) is 11.7 Å². The van der Waals surface area contributed by atoms with Crippen molar-refractivity contribution < 1.29 is 13.7 Å². The van der Waals surface area contributed by atoms with Gasteiger partial charge in [0, 0.05) is 12.6 Å². The highest BCUT2D eigenvalue weighted by molar-refractivity contribution is 5.94. The first kappa shape index (κ1) is 14.1. The number of carbonyl (C=O) groups excluding carboxylic acids is 1. The molecule has 0 saturated carbocycles. The number of aromatic nitrogens is 3. The van der Waals surface area contributed by atoms with Gasteiger partial charge in [-0.15, -0.1) is 0 Å². The highest BCUT2D eigenvalue weighted by atomic mass is 19.1. The number of hydrogen-bond acceptors (Lipinski definition) is 5. The fourth-order valence-electron chi connectivity index (χ4n) is 1.61. The van der Waals surface area contributed by atoms with Crippen molar-refractivity contribution in [2.24, 2.45) is 5.92 Å². The van der Waals surface area contributed by atoms with Crippen LogP contribution in [0.2, 0.25) is 0 Å². The second kappa shape index (κ2) is 6.23. The minimum absolute atomic E-state index is 0.0640. The van der Waals surface area contributed by atoms with E-state index in [1.807, 2.05) is 13.8 Å². The molecule has 2 aromatic heterocycles. The first-order valence-electron chi connectivity index (χ1n) is 6.25. The van der Waals surface area contributed by atoms with Gasteiger partial charge in [-0.1, -0.05) is 19.0 Å². The summed E-state index contributed by atoms with van der Waals surface area (Å²) in [6.07, 6.45) is 3.02. The molecule has 0 spiro atoms. The van der Waals surface area contributed by atoms with Gasteiger partial charge in [0.15, 0.2) is 11.6 Å². The molecule has 0 radical (unpaired) electrons. The molecule has 0 aliphatic carbocycles. The number of nitrogens with zero attached hydrogens (tertiary/aromatic N) is 3. The molecule has 20 heavy (non-hydrogen) atoms. The van der Waals surface area contributed by atoms with Crippen molar-refractivity contribution in [3.05, 3.63) is 41.6 Å². The summed E-state index contributed by atoms with van der Waals surface area (Å²) in [6, 6.07) is 1.31. The smallest absolute Gasteiger partial charge is 0.254 e. The predicted octanol–water partition coefficient (Wildman–Crippen LogP) is 1.73. The summed E-state index contributed by atoms with van der Waals surface area (Å²) in [5.74, 6) is 0.0883. The van der Waals surface area contributed by atoms with E-state index in [2.05, 4.69) is 20.4 Å². The van der Waals surface area contributed by atoms with Gasteiger partial charge in [0.05, 0.1) is 18.3 Å². The zero-order valence-electron chi connectivity index (χ0n) is 11.3. The standard InChI is InChI=1S/C13H15FN4O2/c1-8(2)5-12-17-11(18-20-12)7-16-13(19)9-3-4-15-6-10(9)14/h3-4,6,8H,5,7H2,1-2H3,(H,16,19). The Kier molecular flexibility index (Phi) is 4.39. The van der Waals surface area contributed by atoms with Crippen LogP contribution in [0.4, 0.5) is 4.39 Å². The quantitative estimate of drug-likeness (QED) is 0.900. The Morgan fingerprint density at radius 1 is 1.50 bits per heavy atom. The van der Waals surface area contributed by atoms with Crippen molar-refractivity contribution in [1.82, 2.24) is 20.4 Å². The molecule has 6 nitrogen and oxygen atoms in total. The molecule has 0 fully saturated rings. The molecule has 1 amide bonds. The van der Waals surface area contributed by atoms with Gasteiger partial charge in [-0.05, 0) is 12.0 Å². The molecule has 0 bridgehead atoms. The topological polar surface area (TPSA) is 80.9 Å². The van der Waals surface area contributed by atoms with Crippen molar-refractivity contribution >= 4 is 5.91 Å². The van der Waals surface area contributed by atoms with Crippen LogP contribution >= 0.6 is 0 Å². The van der Waals surface area contributed by atoms with Gasteiger partial charge in [0.1, 0.15) is 0 Å². The number of hydrogen-bond donors (Lipinski definition) is 1. The maximum Gasteiger partial charge on any atom is 0.254 e. The number of amides is 1. The van der Waals surface area contributed by atoms with Crippen LogP contribution in [0.5, 0.6) is 0 Å². The summed E-state index contributed by atoms with van der Waals surface area (Å²) >= 11 is 0. The van der Waals surface area contributed by atoms with Crippen molar-refractivity contribution in [1.29, 1.82) is 0 Å². The lowest BCUT2D eigenvalue weighted by Crippen LogP contribution is -2.24. The molecule has 2 heterocycles. The van der Waals surface area contributed by atoms with Crippen LogP contribution in [0.15, 0.2) is 23.0 Å². The lowest BCUT2D eigenvalue weighted by Gasteiger charge is -2.02. The lowest BCUT2D eigenvalue weighted by atomic mass is 10.1. The van der Waals surface area contributed by atoms with Gasteiger partial charge >= 0.3 is 0 Å². The van der Waals surface area contributed by atoms with Crippen LogP contribution in [-0.4, -0.2) is 21.0 Å². The third kappa shape index (κ3) is 3.59. The van der Waals surface area contributed by atoms with Crippen LogP contribution in [0.3, 0.4) is 0 Å². The van der Waals surface area contributed by atoms with Crippen molar-refractivity contribution in [3.8, 4) is 0 Å². The minimum Gasteiger partial charge on any atom is -0.345 e. The van der Waals surface area contributed by atoms with Crippen molar-refractivity contribution in [2.45, 2.75) is 26.8 Å². The maximum absolute atomic E-state index is 13.3. The van der Waals surface area contributed by atoms with Crippen LogP contribution in [-0.2, 0) is 13.0 Å². The monoisotopic (exact) mass is 278 g/mol. The molecule has 0 aromatic carbocycles. The van der Waals surface area contributed by atoms with Gasteiger partial charge in [-0.2, -0.15) is 4.98 Å². The summed E-state index contributed by atoms with van der Waals surface area (Å²) in [6.45, 7) is 4.16. The van der Waals surface area contributed by atoms with Crippen LogP contribution in [0.25, 0.3) is 0 Å². The largest absolute Gasteiger partial charge is 0.345 e. The second-order valence-corrected chi connectivity index (χ2v) is 4.74. The molecule has 1 N–H and O–H groups in total. The Morgan fingerprint density at radius 2 is 2.30 bits per heavy atom. The fraction of sp³-hybridized carbons (Fsp3) is 0.385.